The molecule has 0 radical (unpaired) electrons. The van der Waals surface area contributed by atoms with Crippen molar-refractivity contribution in [1.82, 2.24) is 30.9 Å². The third-order valence-corrected chi connectivity index (χ3v) is 6.35. The van der Waals surface area contributed by atoms with E-state index in [1.165, 1.54) is 24.7 Å². The van der Waals surface area contributed by atoms with Crippen LogP contribution in [-0.4, -0.2) is 58.7 Å². The number of amides is 3. The molecule has 0 unspecified atom stereocenters. The van der Waals surface area contributed by atoms with E-state index in [4.69, 9.17) is 18.5 Å². The Bertz CT molecular complexity index is 1340. The first-order valence-corrected chi connectivity index (χ1v) is 13.8. The van der Waals surface area contributed by atoms with Crippen LogP contribution in [0.3, 0.4) is 0 Å². The fraction of sp³-hybridized carbons (Fsp3) is 0.538. The minimum Gasteiger partial charge on any atom is -0.446 e. The summed E-state index contributed by atoms with van der Waals surface area (Å²) in [6.45, 7) is 13.0. The van der Waals surface area contributed by atoms with Gasteiger partial charge in [0.05, 0.1) is 19.8 Å². The van der Waals surface area contributed by atoms with Gasteiger partial charge in [-0.3, -0.25) is 9.59 Å². The minimum absolute atomic E-state index is 0.0297. The molecule has 15 heteroatoms. The van der Waals surface area contributed by atoms with Crippen molar-refractivity contribution in [3.05, 3.63) is 39.7 Å². The molecular formula is C26H36N6O8S. The first kappa shape index (κ1) is 31.7. The number of carbonyl (C=O) groups is 3. The standard InChI is InChI=1S/C26H36N6O8S/c1-13(2)18(32-25(35)40-26(5,6)7)24-30-17(12-41-24)23-31-19(15(4)39-23)21(34)28-14(3)22-29-16(11-37-22)20(33)27-9-10-38-36-8/h11-14,18H,9-10H2,1-8H3,(H,27,33)(H,28,34)(H,32,35)/t14-,18-/m0/s1. The van der Waals surface area contributed by atoms with Crippen LogP contribution < -0.4 is 16.0 Å². The van der Waals surface area contributed by atoms with Crippen molar-refractivity contribution >= 4 is 29.2 Å². The largest absolute Gasteiger partial charge is 0.446 e. The average Bonchev–Trinajstić information content (AvgIpc) is 3.63. The number of nitrogens with zero attached hydrogens (tertiary/aromatic N) is 3. The van der Waals surface area contributed by atoms with Gasteiger partial charge >= 0.3 is 6.09 Å². The van der Waals surface area contributed by atoms with E-state index >= 15 is 0 Å². The molecule has 3 heterocycles. The summed E-state index contributed by atoms with van der Waals surface area (Å²) in [5, 5.41) is 10.6. The van der Waals surface area contributed by atoms with Crippen molar-refractivity contribution in [2.45, 2.75) is 66.2 Å². The zero-order chi connectivity index (χ0) is 30.3. The maximum atomic E-state index is 13.0. The summed E-state index contributed by atoms with van der Waals surface area (Å²) < 4.78 is 16.5. The Hall–Kier alpha value is -3.82. The fourth-order valence-corrected chi connectivity index (χ4v) is 4.51. The molecule has 0 spiro atoms. The van der Waals surface area contributed by atoms with Crippen LogP contribution in [0.1, 0.15) is 91.3 Å². The van der Waals surface area contributed by atoms with Crippen molar-refractivity contribution in [3.63, 3.8) is 0 Å². The molecule has 3 rings (SSSR count). The van der Waals surface area contributed by atoms with E-state index in [-0.39, 0.29) is 48.0 Å². The average molecular weight is 593 g/mol. The maximum absolute atomic E-state index is 13.0. The second-order valence-corrected chi connectivity index (χ2v) is 11.3. The monoisotopic (exact) mass is 592 g/mol. The van der Waals surface area contributed by atoms with Crippen LogP contribution in [0.15, 0.2) is 20.5 Å². The SMILES string of the molecule is COOCCNC(=O)c1coc([C@H](C)NC(=O)c2nc(-c3csc([C@@H](NC(=O)OC(C)(C)C)C(C)C)n3)oc2C)n1. The van der Waals surface area contributed by atoms with Crippen LogP contribution in [0, 0.1) is 12.8 Å². The van der Waals surface area contributed by atoms with Gasteiger partial charge in [-0.2, -0.15) is 0 Å². The third kappa shape index (κ3) is 8.83. The topological polar surface area (TPSA) is 180 Å². The van der Waals surface area contributed by atoms with Crippen LogP contribution >= 0.6 is 11.3 Å². The Labute approximate surface area is 241 Å². The van der Waals surface area contributed by atoms with E-state index in [1.54, 1.807) is 40.0 Å². The number of alkyl carbamates (subject to hydrolysis) is 1. The lowest BCUT2D eigenvalue weighted by atomic mass is 10.1. The number of oxazole rings is 2. The number of nitrogens with one attached hydrogen (secondary N) is 3. The number of hydrogen-bond donors (Lipinski definition) is 3. The number of ether oxygens (including phenoxy) is 1. The van der Waals surface area contributed by atoms with Crippen LogP contribution in [0.4, 0.5) is 4.79 Å². The van der Waals surface area contributed by atoms with Crippen LogP contribution in [0.5, 0.6) is 0 Å². The van der Waals surface area contributed by atoms with Crippen LogP contribution in [0.25, 0.3) is 11.6 Å². The first-order valence-electron chi connectivity index (χ1n) is 12.9. The molecule has 3 aromatic rings. The second-order valence-electron chi connectivity index (χ2n) is 10.4. The predicted molar refractivity (Wildman–Crippen MR) is 147 cm³/mol. The lowest BCUT2D eigenvalue weighted by molar-refractivity contribution is -0.270. The molecule has 0 aliphatic carbocycles. The number of rotatable bonds is 12. The molecule has 3 N–H and O–H groups in total. The second kappa shape index (κ2) is 13.7. The van der Waals surface area contributed by atoms with Crippen molar-refractivity contribution < 1.29 is 37.7 Å². The molecule has 0 saturated heterocycles. The molecule has 0 saturated carbocycles. The molecule has 224 valence electrons. The molecular weight excluding hydrogens is 556 g/mol. The highest BCUT2D eigenvalue weighted by molar-refractivity contribution is 7.10. The number of thiazole rings is 1. The number of aryl methyl sites for hydroxylation is 1. The highest BCUT2D eigenvalue weighted by atomic mass is 32.1. The minimum atomic E-state index is -0.669. The van der Waals surface area contributed by atoms with Gasteiger partial charge in [0.25, 0.3) is 11.8 Å². The summed E-state index contributed by atoms with van der Waals surface area (Å²) in [6, 6.07) is -1.06. The van der Waals surface area contributed by atoms with Gasteiger partial charge in [0.15, 0.2) is 11.4 Å². The predicted octanol–water partition coefficient (Wildman–Crippen LogP) is 4.12. The number of aromatic nitrogens is 3. The quantitative estimate of drug-likeness (QED) is 0.156. The van der Waals surface area contributed by atoms with Crippen molar-refractivity contribution in [2.24, 2.45) is 5.92 Å². The Morgan fingerprint density at radius 3 is 2.46 bits per heavy atom. The fourth-order valence-electron chi connectivity index (χ4n) is 3.49. The highest BCUT2D eigenvalue weighted by Crippen LogP contribution is 2.30. The molecule has 3 aromatic heterocycles. The molecule has 0 aromatic carbocycles. The van der Waals surface area contributed by atoms with Gasteiger partial charge in [-0.15, -0.1) is 11.3 Å². The van der Waals surface area contributed by atoms with Crippen LogP contribution in [0.2, 0.25) is 0 Å². The summed E-state index contributed by atoms with van der Waals surface area (Å²) in [5.41, 5.74) is -0.0841. The molecule has 0 bridgehead atoms. The lowest BCUT2D eigenvalue weighted by Gasteiger charge is -2.24. The highest BCUT2D eigenvalue weighted by Gasteiger charge is 2.27. The van der Waals surface area contributed by atoms with E-state index in [9.17, 15) is 14.4 Å². The summed E-state index contributed by atoms with van der Waals surface area (Å²) in [6.07, 6.45) is 0.662. The van der Waals surface area contributed by atoms with Gasteiger partial charge in [-0.05, 0) is 40.5 Å². The molecule has 41 heavy (non-hydrogen) atoms. The van der Waals surface area contributed by atoms with E-state index in [1.807, 2.05) is 13.8 Å². The van der Waals surface area contributed by atoms with Crippen LogP contribution in [-0.2, 0) is 14.5 Å². The molecule has 3 amide bonds. The normalized spacial score (nSPS) is 13.1. The summed E-state index contributed by atoms with van der Waals surface area (Å²) in [4.78, 5) is 59.8. The van der Waals surface area contributed by atoms with E-state index < -0.39 is 35.6 Å². The molecule has 0 aliphatic heterocycles. The number of carbonyl (C=O) groups excluding carboxylic acids is 3. The van der Waals surface area contributed by atoms with Gasteiger partial charge in [0.1, 0.15) is 34.4 Å². The van der Waals surface area contributed by atoms with E-state index in [2.05, 4.69) is 35.8 Å². The Morgan fingerprint density at radius 1 is 1.07 bits per heavy atom. The molecule has 0 fully saturated rings. The first-order chi connectivity index (χ1) is 19.3. The van der Waals surface area contributed by atoms with Crippen molar-refractivity contribution in [3.8, 4) is 11.6 Å². The summed E-state index contributed by atoms with van der Waals surface area (Å²) >= 11 is 1.34. The van der Waals surface area contributed by atoms with Gasteiger partial charge in [0.2, 0.25) is 11.8 Å². The molecule has 2 atom stereocenters. The molecule has 0 aliphatic rings. The van der Waals surface area contributed by atoms with E-state index in [0.717, 1.165) is 0 Å². The summed E-state index contributed by atoms with van der Waals surface area (Å²) in [7, 11) is 1.37. The Kier molecular flexibility index (Phi) is 10.6. The van der Waals surface area contributed by atoms with Gasteiger partial charge in [-0.1, -0.05) is 13.8 Å². The van der Waals surface area contributed by atoms with Gasteiger partial charge in [-0.25, -0.2) is 29.5 Å². The third-order valence-electron chi connectivity index (χ3n) is 5.42. The van der Waals surface area contributed by atoms with Crippen molar-refractivity contribution in [1.29, 1.82) is 0 Å². The zero-order valence-corrected chi connectivity index (χ0v) is 25.1. The number of hydrogen-bond acceptors (Lipinski definition) is 12. The summed E-state index contributed by atoms with van der Waals surface area (Å²) in [5.74, 6) is -0.360. The smallest absolute Gasteiger partial charge is 0.408 e. The maximum Gasteiger partial charge on any atom is 0.408 e. The Balaban J connectivity index is 1.66. The lowest BCUT2D eigenvalue weighted by Crippen LogP contribution is -2.36. The zero-order valence-electron chi connectivity index (χ0n) is 24.3. The van der Waals surface area contributed by atoms with Gasteiger partial charge in [0, 0.05) is 11.9 Å². The van der Waals surface area contributed by atoms with Crippen molar-refractivity contribution in [2.75, 3.05) is 20.3 Å². The van der Waals surface area contributed by atoms with E-state index in [0.29, 0.717) is 10.7 Å². The molecule has 14 nitrogen and oxygen atoms in total. The van der Waals surface area contributed by atoms with Gasteiger partial charge < -0.3 is 29.5 Å². The Morgan fingerprint density at radius 2 is 1.80 bits per heavy atom.